The molecule has 0 spiro atoms. The van der Waals surface area contributed by atoms with Gasteiger partial charge in [0.1, 0.15) is 23.7 Å². The Hall–Kier alpha value is -0.230. The average Bonchev–Trinajstić information content (AvgIpc) is 1.65. The first-order chi connectivity index (χ1) is 3.65. The number of rotatable bonds is 1. The van der Waals surface area contributed by atoms with Crippen molar-refractivity contribution in [1.82, 2.24) is 0 Å². The van der Waals surface area contributed by atoms with Gasteiger partial charge in [-0.3, -0.25) is 0 Å². The molecular weight excluding hydrogens is 159 g/mol. The number of nitrogens with two attached hydrogens (primary N) is 2. The van der Waals surface area contributed by atoms with E-state index in [-0.39, 0.29) is 0 Å². The average molecular weight is 163 g/mol. The molecule has 0 bridgehead atoms. The van der Waals surface area contributed by atoms with Gasteiger partial charge in [0, 0.05) is 0 Å². The first-order valence-electron chi connectivity index (χ1n) is 1.26. The molecule has 0 aromatic heterocycles. The van der Waals surface area contributed by atoms with Crippen LogP contribution in [0.5, 0.6) is 0 Å². The summed E-state index contributed by atoms with van der Waals surface area (Å²) in [6.07, 6.45) is 0. The van der Waals surface area contributed by atoms with Crippen LogP contribution in [0.3, 0.4) is 0 Å². The van der Waals surface area contributed by atoms with Gasteiger partial charge in [0.05, 0.1) is 0 Å². The smallest absolute Gasteiger partial charge is 0.309 e. The molecule has 0 radical (unpaired) electrons. The summed E-state index contributed by atoms with van der Waals surface area (Å²) in [6.45, 7) is 0. The van der Waals surface area contributed by atoms with Crippen molar-refractivity contribution in [2.45, 2.75) is 0 Å². The first-order valence-corrected chi connectivity index (χ1v) is 1.87. The van der Waals surface area contributed by atoms with Crippen LogP contribution in [0.25, 0.3) is 0 Å². The normalized spacial score (nSPS) is 6.75. The number of carbonyl (C=O) groups is 1. The molecule has 0 fully saturated rings. The van der Waals surface area contributed by atoms with Gasteiger partial charge in [-0.05, 0) is 0 Å². The molecule has 0 aliphatic carbocycles. The van der Waals surface area contributed by atoms with Gasteiger partial charge in [0.25, 0.3) is 0 Å². The lowest BCUT2D eigenvalue weighted by atomic mass is 11.2. The van der Waals surface area contributed by atoms with Crippen LogP contribution in [-0.4, -0.2) is 6.03 Å². The molecule has 7 heteroatoms. The van der Waals surface area contributed by atoms with Crippen LogP contribution in [0.4, 0.5) is 4.79 Å². The number of amides is 2. The zero-order valence-corrected chi connectivity index (χ0v) is 5.15. The summed E-state index contributed by atoms with van der Waals surface area (Å²) in [7, 11) is 0. The first kappa shape index (κ1) is 10.7. The molecule has 5 nitrogen and oxygen atoms in total. The van der Waals surface area contributed by atoms with Gasteiger partial charge < -0.3 is 11.5 Å². The number of hydrogen-bond acceptors (Lipinski definition) is 3. The molecular formula is CH4Cl2N2O3. The fourth-order valence-corrected chi connectivity index (χ4v) is 0. The van der Waals surface area contributed by atoms with E-state index < -0.39 is 6.03 Å². The molecule has 0 aromatic rings. The van der Waals surface area contributed by atoms with Gasteiger partial charge in [-0.15, -0.1) is 8.88 Å². The predicted molar refractivity (Wildman–Crippen MR) is 27.6 cm³/mol. The SMILES string of the molecule is ClOOCl.NC(N)=O. The second kappa shape index (κ2) is 9.91. The second-order valence-corrected chi connectivity index (χ2v) is 0.780. The maximum Gasteiger partial charge on any atom is 0.309 e. The number of halogens is 2. The third kappa shape index (κ3) is 221. The van der Waals surface area contributed by atoms with Gasteiger partial charge >= 0.3 is 6.03 Å². The van der Waals surface area contributed by atoms with E-state index in [0.717, 1.165) is 0 Å². The Morgan fingerprint density at radius 1 is 1.25 bits per heavy atom. The van der Waals surface area contributed by atoms with Gasteiger partial charge in [0.2, 0.25) is 0 Å². The van der Waals surface area contributed by atoms with Crippen molar-refractivity contribution in [3.63, 3.8) is 0 Å². The minimum absolute atomic E-state index is 0.833. The van der Waals surface area contributed by atoms with E-state index in [2.05, 4.69) is 44.1 Å². The van der Waals surface area contributed by atoms with Crippen molar-refractivity contribution in [3.05, 3.63) is 0 Å². The number of urea groups is 1. The zero-order valence-electron chi connectivity index (χ0n) is 3.64. The Kier molecular flexibility index (Phi) is 13.2. The van der Waals surface area contributed by atoms with E-state index in [4.69, 9.17) is 4.79 Å². The number of carbonyl (C=O) groups excluding carboxylic acids is 1. The van der Waals surface area contributed by atoms with Crippen molar-refractivity contribution < 1.29 is 13.7 Å². The molecule has 0 heterocycles. The molecule has 0 atom stereocenters. The molecule has 2 amide bonds. The van der Waals surface area contributed by atoms with E-state index in [1.54, 1.807) is 0 Å². The van der Waals surface area contributed by atoms with Crippen LogP contribution >= 0.6 is 23.7 Å². The fraction of sp³-hybridized carbons (Fsp3) is 0. The summed E-state index contributed by atoms with van der Waals surface area (Å²) >= 11 is 8.66. The van der Waals surface area contributed by atoms with E-state index in [9.17, 15) is 0 Å². The van der Waals surface area contributed by atoms with E-state index in [1.165, 1.54) is 0 Å². The molecule has 0 aromatic carbocycles. The Morgan fingerprint density at radius 2 is 1.38 bits per heavy atom. The molecule has 50 valence electrons. The third-order valence-corrected chi connectivity index (χ3v) is 0.214. The molecule has 0 rings (SSSR count). The van der Waals surface area contributed by atoms with E-state index >= 15 is 0 Å². The van der Waals surface area contributed by atoms with Gasteiger partial charge in [-0.1, -0.05) is 0 Å². The number of hydrogen-bond donors (Lipinski definition) is 2. The number of primary amides is 2. The minimum Gasteiger partial charge on any atom is -0.352 e. The fourth-order valence-electron chi connectivity index (χ4n) is 0. The highest BCUT2D eigenvalue weighted by Crippen LogP contribution is 1.82. The summed E-state index contributed by atoms with van der Waals surface area (Å²) < 4.78 is 6.56. The summed E-state index contributed by atoms with van der Waals surface area (Å²) in [4.78, 5) is 9.00. The highest BCUT2D eigenvalue weighted by Gasteiger charge is 1.60. The van der Waals surface area contributed by atoms with Crippen LogP contribution in [0.15, 0.2) is 0 Å². The van der Waals surface area contributed by atoms with Crippen LogP contribution < -0.4 is 11.5 Å². The monoisotopic (exact) mass is 162 g/mol. The summed E-state index contributed by atoms with van der Waals surface area (Å²) in [6, 6.07) is -0.833. The van der Waals surface area contributed by atoms with E-state index in [1.807, 2.05) is 0 Å². The zero-order chi connectivity index (χ0) is 6.99. The van der Waals surface area contributed by atoms with Crippen LogP contribution in [0.2, 0.25) is 0 Å². The van der Waals surface area contributed by atoms with Gasteiger partial charge in [-0.25, -0.2) is 4.79 Å². The lowest BCUT2D eigenvalue weighted by Crippen LogP contribution is -2.18. The lowest BCUT2D eigenvalue weighted by molar-refractivity contribution is -0.0832. The molecule has 0 aliphatic heterocycles. The Bertz CT molecular complexity index is 53.2. The van der Waals surface area contributed by atoms with Crippen molar-refractivity contribution in [3.8, 4) is 0 Å². The standard InChI is InChI=1S/CH4N2O.Cl2O2/c2-1(3)4;1-3-4-2/h(H4,2,3,4);. The molecule has 0 unspecified atom stereocenters. The predicted octanol–water partition coefficient (Wildman–Crippen LogP) is 0.266. The topological polar surface area (TPSA) is 87.6 Å². The van der Waals surface area contributed by atoms with Crippen LogP contribution in [0, 0.1) is 0 Å². The van der Waals surface area contributed by atoms with Crippen molar-refractivity contribution >= 4 is 29.8 Å². The maximum atomic E-state index is 9.00. The maximum absolute atomic E-state index is 9.00. The summed E-state index contributed by atoms with van der Waals surface area (Å²) in [5, 5.41) is 0. The molecule has 0 aliphatic rings. The van der Waals surface area contributed by atoms with E-state index in [0.29, 0.717) is 0 Å². The Morgan fingerprint density at radius 3 is 1.38 bits per heavy atom. The van der Waals surface area contributed by atoms with Gasteiger partial charge in [-0.2, -0.15) is 0 Å². The Balaban J connectivity index is 0. The van der Waals surface area contributed by atoms with Crippen molar-refractivity contribution in [1.29, 1.82) is 0 Å². The third-order valence-electron chi connectivity index (χ3n) is 0.0238. The lowest BCUT2D eigenvalue weighted by Gasteiger charge is -1.67. The molecule has 8 heavy (non-hydrogen) atoms. The minimum atomic E-state index is -0.833. The highest BCUT2D eigenvalue weighted by molar-refractivity contribution is 6.10. The quantitative estimate of drug-likeness (QED) is 0.429. The van der Waals surface area contributed by atoms with Crippen molar-refractivity contribution in [2.75, 3.05) is 0 Å². The van der Waals surface area contributed by atoms with Crippen molar-refractivity contribution in [2.24, 2.45) is 11.5 Å². The molecule has 0 saturated carbocycles. The van der Waals surface area contributed by atoms with Gasteiger partial charge in [0.15, 0.2) is 0 Å². The summed E-state index contributed by atoms with van der Waals surface area (Å²) in [5.74, 6) is 0. The largest absolute Gasteiger partial charge is 0.352 e. The Labute approximate surface area is 55.7 Å². The highest BCUT2D eigenvalue weighted by atomic mass is 35.5. The van der Waals surface area contributed by atoms with Crippen LogP contribution in [0.1, 0.15) is 0 Å². The molecule has 4 N–H and O–H groups in total. The van der Waals surface area contributed by atoms with Crippen LogP contribution in [-0.2, 0) is 8.88 Å². The second-order valence-electron chi connectivity index (χ2n) is 0.528. The molecule has 0 saturated heterocycles. The summed E-state index contributed by atoms with van der Waals surface area (Å²) in [5.41, 5.74) is 8.50.